The number of amides is 1. The summed E-state index contributed by atoms with van der Waals surface area (Å²) >= 11 is 0. The minimum Gasteiger partial charge on any atom is -0.382 e. The zero-order valence-electron chi connectivity index (χ0n) is 12.9. The van der Waals surface area contributed by atoms with Gasteiger partial charge in [-0.15, -0.1) is 0 Å². The quantitative estimate of drug-likeness (QED) is 0.741. The maximum Gasteiger partial charge on any atom is 0.228 e. The normalized spacial score (nSPS) is 11.9. The van der Waals surface area contributed by atoms with Gasteiger partial charge in [-0.2, -0.15) is 0 Å². The van der Waals surface area contributed by atoms with Crippen molar-refractivity contribution in [1.82, 2.24) is 5.16 Å². The number of aromatic nitrogens is 1. The topological polar surface area (TPSA) is 73.6 Å². The number of nitrogens with zero attached hydrogens (tertiary/aromatic N) is 1. The van der Waals surface area contributed by atoms with Crippen LogP contribution in [-0.2, 0) is 19.7 Å². The van der Waals surface area contributed by atoms with E-state index in [9.17, 15) is 4.79 Å². The molecule has 1 aromatic rings. The van der Waals surface area contributed by atoms with Crippen molar-refractivity contribution >= 4 is 11.7 Å². The molecule has 1 heterocycles. The average molecular weight is 284 g/mol. The number of carbonyl (C=O) groups excluding carboxylic acids is 1. The van der Waals surface area contributed by atoms with Crippen LogP contribution >= 0.6 is 0 Å². The van der Waals surface area contributed by atoms with Crippen LogP contribution in [0.5, 0.6) is 0 Å². The highest BCUT2D eigenvalue weighted by Crippen LogP contribution is 2.26. The van der Waals surface area contributed by atoms with Crippen LogP contribution in [0, 0.1) is 5.92 Å². The van der Waals surface area contributed by atoms with Gasteiger partial charge in [0.1, 0.15) is 5.76 Å². The van der Waals surface area contributed by atoms with Gasteiger partial charge in [0.2, 0.25) is 5.91 Å². The molecule has 1 rings (SSSR count). The fourth-order valence-corrected chi connectivity index (χ4v) is 1.46. The van der Waals surface area contributed by atoms with Gasteiger partial charge in [-0.25, -0.2) is 0 Å². The molecule has 0 aliphatic rings. The minimum atomic E-state index is -0.318. The van der Waals surface area contributed by atoms with Crippen molar-refractivity contribution in [3.05, 3.63) is 11.8 Å². The second-order valence-electron chi connectivity index (χ2n) is 5.65. The van der Waals surface area contributed by atoms with Gasteiger partial charge < -0.3 is 19.3 Å². The Bertz CT molecular complexity index is 427. The summed E-state index contributed by atoms with van der Waals surface area (Å²) in [5, 5.41) is 6.57. The van der Waals surface area contributed by atoms with E-state index in [-0.39, 0.29) is 17.2 Å². The van der Waals surface area contributed by atoms with E-state index in [1.807, 2.05) is 27.7 Å². The van der Waals surface area contributed by atoms with E-state index in [4.69, 9.17) is 14.0 Å². The Balaban J connectivity index is 2.58. The number of hydrogen-bond acceptors (Lipinski definition) is 5. The lowest BCUT2D eigenvalue weighted by Gasteiger charge is -2.20. The van der Waals surface area contributed by atoms with Crippen LogP contribution in [0.4, 0.5) is 5.82 Å². The molecule has 0 saturated carbocycles. The van der Waals surface area contributed by atoms with Gasteiger partial charge in [-0.3, -0.25) is 4.79 Å². The number of nitrogens with one attached hydrogen (secondary N) is 1. The molecular formula is C14H24N2O4. The highest BCUT2D eigenvalue weighted by molar-refractivity contribution is 5.91. The highest BCUT2D eigenvalue weighted by atomic mass is 16.5. The number of rotatable bonds is 8. The summed E-state index contributed by atoms with van der Waals surface area (Å²) in [5.74, 6) is 0.928. The van der Waals surface area contributed by atoms with Crippen LogP contribution in [0.1, 0.15) is 33.5 Å². The summed E-state index contributed by atoms with van der Waals surface area (Å²) in [6.07, 6.45) is 0. The lowest BCUT2D eigenvalue weighted by atomic mass is 9.91. The van der Waals surface area contributed by atoms with Gasteiger partial charge in [0.25, 0.3) is 0 Å². The molecule has 0 aliphatic heterocycles. The first-order valence-corrected chi connectivity index (χ1v) is 6.71. The van der Waals surface area contributed by atoms with Gasteiger partial charge in [0.05, 0.1) is 19.8 Å². The number of methoxy groups -OCH3 is 1. The molecule has 0 radical (unpaired) electrons. The van der Waals surface area contributed by atoms with Crippen molar-refractivity contribution in [2.75, 3.05) is 32.2 Å². The van der Waals surface area contributed by atoms with E-state index in [2.05, 4.69) is 10.5 Å². The largest absolute Gasteiger partial charge is 0.382 e. The lowest BCUT2D eigenvalue weighted by Crippen LogP contribution is -2.24. The first-order valence-electron chi connectivity index (χ1n) is 6.71. The molecule has 0 aliphatic carbocycles. The van der Waals surface area contributed by atoms with Crippen molar-refractivity contribution in [2.45, 2.75) is 33.1 Å². The molecule has 1 N–H and O–H groups in total. The van der Waals surface area contributed by atoms with Gasteiger partial charge in [-0.05, 0) is 0 Å². The molecule has 1 aromatic heterocycles. The Labute approximate surface area is 119 Å². The zero-order valence-corrected chi connectivity index (χ0v) is 12.9. The van der Waals surface area contributed by atoms with Crippen molar-refractivity contribution in [2.24, 2.45) is 5.92 Å². The number of hydrogen-bond donors (Lipinski definition) is 1. The smallest absolute Gasteiger partial charge is 0.228 e. The predicted octanol–water partition coefficient (Wildman–Crippen LogP) is 2.21. The zero-order chi connectivity index (χ0) is 15.2. The van der Waals surface area contributed by atoms with Crippen molar-refractivity contribution in [3.63, 3.8) is 0 Å². The molecule has 20 heavy (non-hydrogen) atoms. The predicted molar refractivity (Wildman–Crippen MR) is 75.7 cm³/mol. The summed E-state index contributed by atoms with van der Waals surface area (Å²) in [6, 6.07) is 1.74. The van der Waals surface area contributed by atoms with E-state index >= 15 is 0 Å². The summed E-state index contributed by atoms with van der Waals surface area (Å²) in [6.45, 7) is 9.22. The maximum absolute atomic E-state index is 11.6. The van der Waals surface area contributed by atoms with Crippen LogP contribution in [0.3, 0.4) is 0 Å². The van der Waals surface area contributed by atoms with E-state index < -0.39 is 0 Å². The molecule has 0 unspecified atom stereocenters. The standard InChI is InChI=1S/C14H24N2O4/c1-10(2)13(17)15-12-8-11(20-16-12)14(3,4)9-19-7-6-18-5/h8,10H,6-7,9H2,1-5H3,(H,15,16,17). The number of anilines is 1. The van der Waals surface area contributed by atoms with Crippen molar-refractivity contribution in [1.29, 1.82) is 0 Å². The fourth-order valence-electron chi connectivity index (χ4n) is 1.46. The Hall–Kier alpha value is -1.40. The molecule has 0 saturated heterocycles. The summed E-state index contributed by atoms with van der Waals surface area (Å²) in [5.41, 5.74) is -0.318. The molecule has 0 fully saturated rings. The van der Waals surface area contributed by atoms with Crippen LogP contribution in [0.2, 0.25) is 0 Å². The van der Waals surface area contributed by atoms with E-state index in [1.165, 1.54) is 0 Å². The molecule has 0 atom stereocenters. The van der Waals surface area contributed by atoms with E-state index in [1.54, 1.807) is 13.2 Å². The van der Waals surface area contributed by atoms with Crippen LogP contribution < -0.4 is 5.32 Å². The molecule has 0 aromatic carbocycles. The monoisotopic (exact) mass is 284 g/mol. The summed E-state index contributed by atoms with van der Waals surface area (Å²) in [4.78, 5) is 11.6. The third-order valence-corrected chi connectivity index (χ3v) is 2.85. The van der Waals surface area contributed by atoms with Gasteiger partial charge >= 0.3 is 0 Å². The van der Waals surface area contributed by atoms with Crippen LogP contribution in [-0.4, -0.2) is 38.0 Å². The first-order chi connectivity index (χ1) is 9.36. The SMILES string of the molecule is COCCOCC(C)(C)c1cc(NC(=O)C(C)C)no1. The van der Waals surface area contributed by atoms with Gasteiger partial charge in [-0.1, -0.05) is 32.9 Å². The Morgan fingerprint density at radius 3 is 2.75 bits per heavy atom. The average Bonchev–Trinajstić information content (AvgIpc) is 2.84. The third-order valence-electron chi connectivity index (χ3n) is 2.85. The van der Waals surface area contributed by atoms with Gasteiger partial charge in [0, 0.05) is 24.5 Å². The highest BCUT2D eigenvalue weighted by Gasteiger charge is 2.26. The molecular weight excluding hydrogens is 260 g/mol. The van der Waals surface area contributed by atoms with E-state index in [0.29, 0.717) is 31.4 Å². The molecule has 6 nitrogen and oxygen atoms in total. The second-order valence-corrected chi connectivity index (χ2v) is 5.65. The Kier molecular flexibility index (Phi) is 6.16. The number of ether oxygens (including phenoxy) is 2. The minimum absolute atomic E-state index is 0.0843. The molecule has 0 spiro atoms. The molecule has 1 amide bonds. The fraction of sp³-hybridized carbons (Fsp3) is 0.714. The molecule has 6 heteroatoms. The van der Waals surface area contributed by atoms with Crippen molar-refractivity contribution < 1.29 is 18.8 Å². The lowest BCUT2D eigenvalue weighted by molar-refractivity contribution is -0.118. The van der Waals surface area contributed by atoms with Crippen LogP contribution in [0.25, 0.3) is 0 Å². The van der Waals surface area contributed by atoms with Crippen LogP contribution in [0.15, 0.2) is 10.6 Å². The Morgan fingerprint density at radius 2 is 2.15 bits per heavy atom. The second kappa shape index (κ2) is 7.40. The van der Waals surface area contributed by atoms with Gasteiger partial charge in [0.15, 0.2) is 5.82 Å². The van der Waals surface area contributed by atoms with Crippen molar-refractivity contribution in [3.8, 4) is 0 Å². The molecule has 0 bridgehead atoms. The maximum atomic E-state index is 11.6. The summed E-state index contributed by atoms with van der Waals surface area (Å²) in [7, 11) is 1.63. The molecule has 114 valence electrons. The third kappa shape index (κ3) is 4.94. The van der Waals surface area contributed by atoms with E-state index in [0.717, 1.165) is 0 Å². The first kappa shape index (κ1) is 16.7. The summed E-state index contributed by atoms with van der Waals surface area (Å²) < 4.78 is 15.7. The Morgan fingerprint density at radius 1 is 1.45 bits per heavy atom. The number of carbonyl (C=O) groups is 1.